The molecule has 0 spiro atoms. The maximum atomic E-state index is 11.9. The van der Waals surface area contributed by atoms with Gasteiger partial charge in [0.25, 0.3) is 5.91 Å². The lowest BCUT2D eigenvalue weighted by molar-refractivity contribution is 0.0943. The molecular formula is C18H28N2O. The van der Waals surface area contributed by atoms with Gasteiger partial charge in [-0.15, -0.1) is 0 Å². The van der Waals surface area contributed by atoms with E-state index in [1.54, 1.807) is 0 Å². The molecule has 1 aliphatic carbocycles. The van der Waals surface area contributed by atoms with E-state index < -0.39 is 0 Å². The van der Waals surface area contributed by atoms with Crippen LogP contribution >= 0.6 is 0 Å². The number of hydrogen-bond donors (Lipinski definition) is 2. The van der Waals surface area contributed by atoms with E-state index in [9.17, 15) is 4.79 Å². The van der Waals surface area contributed by atoms with Crippen molar-refractivity contribution in [3.05, 3.63) is 29.8 Å². The fraction of sp³-hybridized carbons (Fsp3) is 0.611. The quantitative estimate of drug-likeness (QED) is 0.877. The SMILES string of the molecule is CC1CCC(C)C(Nc2ccc(C(=O)NC(C)C)cc2)C1. The van der Waals surface area contributed by atoms with E-state index in [-0.39, 0.29) is 11.9 Å². The third kappa shape index (κ3) is 4.48. The Morgan fingerprint density at radius 3 is 2.43 bits per heavy atom. The van der Waals surface area contributed by atoms with Crippen LogP contribution in [0.2, 0.25) is 0 Å². The van der Waals surface area contributed by atoms with Crippen molar-refractivity contribution < 1.29 is 4.79 Å². The maximum Gasteiger partial charge on any atom is 0.251 e. The first-order valence-electron chi connectivity index (χ1n) is 8.13. The minimum Gasteiger partial charge on any atom is -0.382 e. The molecule has 0 aromatic heterocycles. The number of amides is 1. The molecule has 2 rings (SSSR count). The minimum absolute atomic E-state index is 0.00351. The van der Waals surface area contributed by atoms with Crippen LogP contribution in [0.5, 0.6) is 0 Å². The van der Waals surface area contributed by atoms with Gasteiger partial charge in [0.1, 0.15) is 0 Å². The van der Waals surface area contributed by atoms with Crippen molar-refractivity contribution in [3.8, 4) is 0 Å². The van der Waals surface area contributed by atoms with Crippen molar-refractivity contribution in [1.29, 1.82) is 0 Å². The molecule has 1 aromatic carbocycles. The molecule has 0 aliphatic heterocycles. The second kappa shape index (κ2) is 6.97. The summed E-state index contributed by atoms with van der Waals surface area (Å²) in [6, 6.07) is 8.54. The molecule has 3 heteroatoms. The first kappa shape index (κ1) is 15.9. The molecule has 21 heavy (non-hydrogen) atoms. The van der Waals surface area contributed by atoms with Gasteiger partial charge in [0.05, 0.1) is 0 Å². The number of carbonyl (C=O) groups is 1. The Labute approximate surface area is 128 Å². The standard InChI is InChI=1S/C18H28N2O/c1-12(2)19-18(21)15-7-9-16(10-8-15)20-17-11-13(3)5-6-14(17)4/h7-10,12-14,17,20H,5-6,11H2,1-4H3,(H,19,21). The Morgan fingerprint density at radius 2 is 1.81 bits per heavy atom. The zero-order valence-electron chi connectivity index (χ0n) is 13.6. The molecule has 3 unspecified atom stereocenters. The van der Waals surface area contributed by atoms with E-state index in [4.69, 9.17) is 0 Å². The second-order valence-electron chi connectivity index (χ2n) is 6.85. The van der Waals surface area contributed by atoms with E-state index in [2.05, 4.69) is 24.5 Å². The summed E-state index contributed by atoms with van der Waals surface area (Å²) in [7, 11) is 0. The van der Waals surface area contributed by atoms with Crippen LogP contribution < -0.4 is 10.6 Å². The number of rotatable bonds is 4. The van der Waals surface area contributed by atoms with Gasteiger partial charge < -0.3 is 10.6 Å². The number of carbonyl (C=O) groups excluding carboxylic acids is 1. The molecule has 3 atom stereocenters. The minimum atomic E-state index is -0.00351. The van der Waals surface area contributed by atoms with Gasteiger partial charge in [-0.25, -0.2) is 0 Å². The van der Waals surface area contributed by atoms with E-state index in [0.717, 1.165) is 17.2 Å². The summed E-state index contributed by atoms with van der Waals surface area (Å²) in [6.07, 6.45) is 3.87. The highest BCUT2D eigenvalue weighted by atomic mass is 16.1. The Hall–Kier alpha value is -1.51. The molecule has 0 saturated heterocycles. The number of benzene rings is 1. The normalized spacial score (nSPS) is 25.7. The predicted molar refractivity (Wildman–Crippen MR) is 88.6 cm³/mol. The third-order valence-corrected chi connectivity index (χ3v) is 4.38. The van der Waals surface area contributed by atoms with Crippen molar-refractivity contribution >= 4 is 11.6 Å². The van der Waals surface area contributed by atoms with E-state index in [0.29, 0.717) is 12.0 Å². The van der Waals surface area contributed by atoms with Gasteiger partial charge in [0.2, 0.25) is 0 Å². The van der Waals surface area contributed by atoms with Gasteiger partial charge in [0, 0.05) is 23.3 Å². The maximum absolute atomic E-state index is 11.9. The molecule has 1 fully saturated rings. The molecule has 0 heterocycles. The fourth-order valence-corrected chi connectivity index (χ4v) is 3.01. The van der Waals surface area contributed by atoms with Crippen LogP contribution in [0.25, 0.3) is 0 Å². The largest absolute Gasteiger partial charge is 0.382 e. The summed E-state index contributed by atoms with van der Waals surface area (Å²) < 4.78 is 0. The average Bonchev–Trinajstić information content (AvgIpc) is 2.43. The average molecular weight is 288 g/mol. The van der Waals surface area contributed by atoms with E-state index in [1.807, 2.05) is 38.1 Å². The molecule has 1 aliphatic rings. The summed E-state index contributed by atoms with van der Waals surface area (Å²) >= 11 is 0. The molecule has 0 bridgehead atoms. The monoisotopic (exact) mass is 288 g/mol. The highest BCUT2D eigenvalue weighted by Crippen LogP contribution is 2.30. The van der Waals surface area contributed by atoms with Crippen LogP contribution in [-0.4, -0.2) is 18.0 Å². The Balaban J connectivity index is 1.97. The lowest BCUT2D eigenvalue weighted by Crippen LogP contribution is -2.33. The second-order valence-corrected chi connectivity index (χ2v) is 6.85. The van der Waals surface area contributed by atoms with Crippen molar-refractivity contribution in [1.82, 2.24) is 5.32 Å². The van der Waals surface area contributed by atoms with Crippen molar-refractivity contribution in [3.63, 3.8) is 0 Å². The molecule has 2 N–H and O–H groups in total. The van der Waals surface area contributed by atoms with Crippen LogP contribution in [0, 0.1) is 11.8 Å². The van der Waals surface area contributed by atoms with Gasteiger partial charge >= 0.3 is 0 Å². The Bertz CT molecular complexity index is 467. The number of hydrogen-bond acceptors (Lipinski definition) is 2. The van der Waals surface area contributed by atoms with E-state index in [1.165, 1.54) is 19.3 Å². The van der Waals surface area contributed by atoms with Gasteiger partial charge in [-0.1, -0.05) is 20.3 Å². The molecule has 1 saturated carbocycles. The van der Waals surface area contributed by atoms with Crippen molar-refractivity contribution in [2.75, 3.05) is 5.32 Å². The molecule has 1 amide bonds. The van der Waals surface area contributed by atoms with Crippen molar-refractivity contribution in [2.45, 2.75) is 59.0 Å². The lowest BCUT2D eigenvalue weighted by atomic mass is 9.80. The molecule has 0 radical (unpaired) electrons. The van der Waals surface area contributed by atoms with Crippen LogP contribution in [0.4, 0.5) is 5.69 Å². The zero-order valence-corrected chi connectivity index (χ0v) is 13.6. The van der Waals surface area contributed by atoms with Gasteiger partial charge in [-0.05, 0) is 62.8 Å². The zero-order chi connectivity index (χ0) is 15.4. The Morgan fingerprint density at radius 1 is 1.14 bits per heavy atom. The van der Waals surface area contributed by atoms with Gasteiger partial charge in [0.15, 0.2) is 0 Å². The highest BCUT2D eigenvalue weighted by molar-refractivity contribution is 5.94. The summed E-state index contributed by atoms with van der Waals surface area (Å²) in [5, 5.41) is 6.55. The van der Waals surface area contributed by atoms with Crippen LogP contribution in [-0.2, 0) is 0 Å². The fourth-order valence-electron chi connectivity index (χ4n) is 3.01. The molecule has 3 nitrogen and oxygen atoms in total. The molecular weight excluding hydrogens is 260 g/mol. The van der Waals surface area contributed by atoms with Crippen LogP contribution in [0.1, 0.15) is 57.3 Å². The topological polar surface area (TPSA) is 41.1 Å². The predicted octanol–water partition coefficient (Wildman–Crippen LogP) is 4.06. The summed E-state index contributed by atoms with van der Waals surface area (Å²) in [5.74, 6) is 1.51. The van der Waals surface area contributed by atoms with Gasteiger partial charge in [-0.3, -0.25) is 4.79 Å². The summed E-state index contributed by atoms with van der Waals surface area (Å²) in [4.78, 5) is 11.9. The lowest BCUT2D eigenvalue weighted by Gasteiger charge is -2.34. The van der Waals surface area contributed by atoms with Gasteiger partial charge in [-0.2, -0.15) is 0 Å². The highest BCUT2D eigenvalue weighted by Gasteiger charge is 2.25. The summed E-state index contributed by atoms with van der Waals surface area (Å²) in [5.41, 5.74) is 1.83. The van der Waals surface area contributed by atoms with Crippen molar-refractivity contribution in [2.24, 2.45) is 11.8 Å². The summed E-state index contributed by atoms with van der Waals surface area (Å²) in [6.45, 7) is 8.60. The van der Waals surface area contributed by atoms with Crippen LogP contribution in [0.3, 0.4) is 0 Å². The molecule has 116 valence electrons. The first-order chi connectivity index (χ1) is 9.95. The van der Waals surface area contributed by atoms with E-state index >= 15 is 0 Å². The van der Waals surface area contributed by atoms with Crippen LogP contribution in [0.15, 0.2) is 24.3 Å². The Kier molecular flexibility index (Phi) is 5.27. The number of anilines is 1. The third-order valence-electron chi connectivity index (χ3n) is 4.38. The first-order valence-corrected chi connectivity index (χ1v) is 8.13. The molecule has 1 aromatic rings. The number of nitrogens with one attached hydrogen (secondary N) is 2. The smallest absolute Gasteiger partial charge is 0.251 e.